The Morgan fingerprint density at radius 2 is 2.06 bits per heavy atom. The van der Waals surface area contributed by atoms with Gasteiger partial charge < -0.3 is 5.11 Å². The highest BCUT2D eigenvalue weighted by Gasteiger charge is 2.15. The Kier molecular flexibility index (Phi) is 4.28. The molecule has 2 nitrogen and oxygen atoms in total. The van der Waals surface area contributed by atoms with Crippen LogP contribution in [-0.2, 0) is 6.42 Å². The lowest BCUT2D eigenvalue weighted by atomic mass is 10.1. The van der Waals surface area contributed by atoms with Crippen molar-refractivity contribution in [1.82, 2.24) is 4.98 Å². The number of aliphatic hydroxyl groups excluding tert-OH is 1. The smallest absolute Gasteiger partial charge is 0.102 e. The SMILES string of the molecule is OC(Cc1ccc(Cl)s1)c1ncc(Cl)cc1Cl. The van der Waals surface area contributed by atoms with Gasteiger partial charge in [-0.15, -0.1) is 11.3 Å². The third-order valence-corrected chi connectivity index (χ3v) is 3.94. The summed E-state index contributed by atoms with van der Waals surface area (Å²) in [5.41, 5.74) is 0.431. The van der Waals surface area contributed by atoms with Crippen LogP contribution >= 0.6 is 46.1 Å². The average molecular weight is 309 g/mol. The number of aliphatic hydroxyl groups is 1. The standard InChI is InChI=1S/C11H8Cl3NOS/c12-6-3-8(13)11(15-5-6)9(16)4-7-1-2-10(14)17-7/h1-3,5,9,16H,4H2. The molecule has 0 saturated heterocycles. The van der Waals surface area contributed by atoms with Gasteiger partial charge in [-0.25, -0.2) is 0 Å². The topological polar surface area (TPSA) is 33.1 Å². The monoisotopic (exact) mass is 307 g/mol. The second-order valence-electron chi connectivity index (χ2n) is 3.45. The molecule has 17 heavy (non-hydrogen) atoms. The van der Waals surface area contributed by atoms with Crippen LogP contribution in [0.25, 0.3) is 0 Å². The van der Waals surface area contributed by atoms with Gasteiger partial charge in [0.15, 0.2) is 0 Å². The van der Waals surface area contributed by atoms with Crippen LogP contribution in [0.2, 0.25) is 14.4 Å². The first kappa shape index (κ1) is 13.1. The Labute approximate surface area is 118 Å². The van der Waals surface area contributed by atoms with Crippen LogP contribution < -0.4 is 0 Å². The first-order valence-corrected chi connectivity index (χ1v) is 6.74. The van der Waals surface area contributed by atoms with Crippen molar-refractivity contribution in [1.29, 1.82) is 0 Å². The largest absolute Gasteiger partial charge is 0.386 e. The number of rotatable bonds is 3. The fraction of sp³-hybridized carbons (Fsp3) is 0.182. The van der Waals surface area contributed by atoms with Gasteiger partial charge in [-0.2, -0.15) is 0 Å². The predicted molar refractivity (Wildman–Crippen MR) is 72.2 cm³/mol. The maximum Gasteiger partial charge on any atom is 0.102 e. The third kappa shape index (κ3) is 3.33. The number of thiophene rings is 1. The van der Waals surface area contributed by atoms with Gasteiger partial charge in [0, 0.05) is 17.5 Å². The highest BCUT2D eigenvalue weighted by Crippen LogP contribution is 2.29. The van der Waals surface area contributed by atoms with Crippen LogP contribution in [0.4, 0.5) is 0 Å². The molecule has 1 atom stereocenters. The van der Waals surface area contributed by atoms with E-state index >= 15 is 0 Å². The Morgan fingerprint density at radius 3 is 2.65 bits per heavy atom. The van der Waals surface area contributed by atoms with E-state index in [1.165, 1.54) is 17.5 Å². The molecule has 1 N–H and O–H groups in total. The molecule has 0 aliphatic rings. The van der Waals surface area contributed by atoms with Gasteiger partial charge in [-0.05, 0) is 18.2 Å². The summed E-state index contributed by atoms with van der Waals surface area (Å²) in [5, 5.41) is 10.8. The molecule has 2 aromatic heterocycles. The Balaban J connectivity index is 2.17. The highest BCUT2D eigenvalue weighted by molar-refractivity contribution is 7.16. The quantitative estimate of drug-likeness (QED) is 0.913. The molecule has 2 heterocycles. The van der Waals surface area contributed by atoms with E-state index in [1.807, 2.05) is 6.07 Å². The summed E-state index contributed by atoms with van der Waals surface area (Å²) in [6, 6.07) is 5.24. The summed E-state index contributed by atoms with van der Waals surface area (Å²) in [4.78, 5) is 5.02. The van der Waals surface area contributed by atoms with E-state index in [9.17, 15) is 5.11 Å². The molecular formula is C11H8Cl3NOS. The van der Waals surface area contributed by atoms with Crippen molar-refractivity contribution in [2.75, 3.05) is 0 Å². The number of hydrogen-bond acceptors (Lipinski definition) is 3. The maximum atomic E-state index is 10.0. The molecular weight excluding hydrogens is 301 g/mol. The normalized spacial score (nSPS) is 12.7. The van der Waals surface area contributed by atoms with Gasteiger partial charge >= 0.3 is 0 Å². The van der Waals surface area contributed by atoms with Crippen molar-refractivity contribution in [2.45, 2.75) is 12.5 Å². The van der Waals surface area contributed by atoms with E-state index in [1.54, 1.807) is 12.1 Å². The summed E-state index contributed by atoms with van der Waals surface area (Å²) in [7, 11) is 0. The maximum absolute atomic E-state index is 10.0. The zero-order valence-electron chi connectivity index (χ0n) is 8.53. The van der Waals surface area contributed by atoms with E-state index < -0.39 is 6.10 Å². The summed E-state index contributed by atoms with van der Waals surface area (Å²) < 4.78 is 0.697. The number of pyridine rings is 1. The van der Waals surface area contributed by atoms with Gasteiger partial charge in [-0.1, -0.05) is 34.8 Å². The van der Waals surface area contributed by atoms with Crippen LogP contribution in [0.3, 0.4) is 0 Å². The summed E-state index contributed by atoms with van der Waals surface area (Å²) in [6.07, 6.45) is 1.15. The molecule has 2 aromatic rings. The van der Waals surface area contributed by atoms with E-state index in [0.29, 0.717) is 26.5 Å². The van der Waals surface area contributed by atoms with Crippen molar-refractivity contribution < 1.29 is 5.11 Å². The van der Waals surface area contributed by atoms with Gasteiger partial charge in [0.25, 0.3) is 0 Å². The second-order valence-corrected chi connectivity index (χ2v) is 6.09. The lowest BCUT2D eigenvalue weighted by Gasteiger charge is -2.10. The minimum Gasteiger partial charge on any atom is -0.386 e. The number of hydrogen-bond donors (Lipinski definition) is 1. The van der Waals surface area contributed by atoms with E-state index in [4.69, 9.17) is 34.8 Å². The minimum absolute atomic E-state index is 0.368. The molecule has 1 unspecified atom stereocenters. The Hall–Kier alpha value is -0.320. The molecule has 90 valence electrons. The van der Waals surface area contributed by atoms with E-state index in [0.717, 1.165) is 4.88 Å². The van der Waals surface area contributed by atoms with Crippen LogP contribution in [0.5, 0.6) is 0 Å². The predicted octanol–water partition coefficient (Wildman–Crippen LogP) is 4.38. The van der Waals surface area contributed by atoms with Crippen molar-refractivity contribution in [3.8, 4) is 0 Å². The fourth-order valence-electron chi connectivity index (χ4n) is 1.42. The summed E-state index contributed by atoms with van der Waals surface area (Å²) >= 11 is 19.0. The highest BCUT2D eigenvalue weighted by atomic mass is 35.5. The lowest BCUT2D eigenvalue weighted by Crippen LogP contribution is -2.03. The first-order valence-electron chi connectivity index (χ1n) is 4.79. The van der Waals surface area contributed by atoms with Crippen molar-refractivity contribution in [3.05, 3.63) is 49.3 Å². The molecule has 0 aromatic carbocycles. The van der Waals surface area contributed by atoms with Gasteiger partial charge in [0.05, 0.1) is 20.1 Å². The average Bonchev–Trinajstić information content (AvgIpc) is 2.63. The first-order chi connectivity index (χ1) is 8.06. The van der Waals surface area contributed by atoms with E-state index in [2.05, 4.69) is 4.98 Å². The molecule has 0 aliphatic heterocycles. The molecule has 0 fully saturated rings. The van der Waals surface area contributed by atoms with Crippen molar-refractivity contribution >= 4 is 46.1 Å². The third-order valence-electron chi connectivity index (χ3n) is 2.18. The van der Waals surface area contributed by atoms with Crippen molar-refractivity contribution in [2.24, 2.45) is 0 Å². The number of aromatic nitrogens is 1. The van der Waals surface area contributed by atoms with Crippen LogP contribution in [-0.4, -0.2) is 10.1 Å². The van der Waals surface area contributed by atoms with Crippen LogP contribution in [0.15, 0.2) is 24.4 Å². The molecule has 0 amide bonds. The second kappa shape index (κ2) is 5.55. The summed E-state index contributed by atoms with van der Waals surface area (Å²) in [6.45, 7) is 0. The molecule has 0 radical (unpaired) electrons. The van der Waals surface area contributed by atoms with Gasteiger partial charge in [-0.3, -0.25) is 4.98 Å². The fourth-order valence-corrected chi connectivity index (χ4v) is 3.05. The Bertz CT molecular complexity index is 529. The zero-order chi connectivity index (χ0) is 12.4. The molecule has 0 spiro atoms. The van der Waals surface area contributed by atoms with Crippen LogP contribution in [0.1, 0.15) is 16.7 Å². The van der Waals surface area contributed by atoms with Gasteiger partial charge in [0.2, 0.25) is 0 Å². The van der Waals surface area contributed by atoms with E-state index in [-0.39, 0.29) is 0 Å². The number of halogens is 3. The molecule has 0 aliphatic carbocycles. The zero-order valence-corrected chi connectivity index (χ0v) is 11.6. The molecule has 6 heteroatoms. The number of nitrogens with zero attached hydrogens (tertiary/aromatic N) is 1. The summed E-state index contributed by atoms with van der Waals surface area (Å²) in [5.74, 6) is 0. The van der Waals surface area contributed by atoms with Crippen molar-refractivity contribution in [3.63, 3.8) is 0 Å². The minimum atomic E-state index is -0.755. The van der Waals surface area contributed by atoms with Gasteiger partial charge in [0.1, 0.15) is 6.10 Å². The Morgan fingerprint density at radius 1 is 1.29 bits per heavy atom. The lowest BCUT2D eigenvalue weighted by molar-refractivity contribution is 0.174. The molecule has 0 saturated carbocycles. The molecule has 2 rings (SSSR count). The van der Waals surface area contributed by atoms with Crippen LogP contribution in [0, 0.1) is 0 Å². The molecule has 0 bridgehead atoms.